The van der Waals surface area contributed by atoms with Crippen LogP contribution in [-0.4, -0.2) is 29.5 Å². The number of carboxylic acid groups (broad SMARTS) is 1. The van der Waals surface area contributed by atoms with Gasteiger partial charge in [-0.15, -0.1) is 0 Å². The van der Waals surface area contributed by atoms with Gasteiger partial charge in [0.05, 0.1) is 0 Å². The molecule has 0 heterocycles. The first-order valence-electron chi connectivity index (χ1n) is 2.34. The minimum absolute atomic E-state index is 0.297. The molecule has 58 valence electrons. The zero-order chi connectivity index (χ0) is 7.98. The summed E-state index contributed by atoms with van der Waals surface area (Å²) in [6.45, 7) is -0.297. The lowest BCUT2D eigenvalue weighted by Crippen LogP contribution is -2.24. The van der Waals surface area contributed by atoms with Crippen LogP contribution in [0.1, 0.15) is 0 Å². The van der Waals surface area contributed by atoms with Crippen molar-refractivity contribution in [2.24, 2.45) is 0 Å². The van der Waals surface area contributed by atoms with Gasteiger partial charge in [0.25, 0.3) is 0 Å². The number of ether oxygens (including phenoxy) is 1. The van der Waals surface area contributed by atoms with Crippen molar-refractivity contribution < 1.29 is 19.4 Å². The first kappa shape index (κ1) is 9.09. The molecule has 0 aliphatic rings. The van der Waals surface area contributed by atoms with Gasteiger partial charge in [0, 0.05) is 0 Å². The van der Waals surface area contributed by atoms with Crippen molar-refractivity contribution in [3.8, 4) is 0 Å². The quantitative estimate of drug-likeness (QED) is 0.465. The fourth-order valence-corrected chi connectivity index (χ4v) is 0.392. The molecule has 0 aliphatic heterocycles. The van der Waals surface area contributed by atoms with Gasteiger partial charge in [-0.05, 0) is 18.0 Å². The van der Waals surface area contributed by atoms with E-state index in [1.54, 1.807) is 6.26 Å². The summed E-state index contributed by atoms with van der Waals surface area (Å²) < 4.78 is 4.33. The van der Waals surface area contributed by atoms with Gasteiger partial charge in [-0.2, -0.15) is 0 Å². The van der Waals surface area contributed by atoms with Crippen LogP contribution in [0.3, 0.4) is 0 Å². The van der Waals surface area contributed by atoms with E-state index in [-0.39, 0.29) is 6.73 Å². The molecule has 0 aromatic carbocycles. The van der Waals surface area contributed by atoms with Crippen molar-refractivity contribution in [1.82, 2.24) is 5.32 Å². The van der Waals surface area contributed by atoms with Crippen LogP contribution < -0.4 is 5.32 Å². The fourth-order valence-electron chi connectivity index (χ4n) is 0.216. The normalized spacial score (nSPS) is 8.50. The summed E-state index contributed by atoms with van der Waals surface area (Å²) in [6.07, 6.45) is 0.331. The van der Waals surface area contributed by atoms with Gasteiger partial charge >= 0.3 is 11.4 Å². The zero-order valence-corrected chi connectivity index (χ0v) is 6.10. The Hall–Kier alpha value is -0.910. The Labute approximate surface area is 61.7 Å². The predicted octanol–water partition coefficient (Wildman–Crippen LogP) is 0.711. The molecule has 0 unspecified atom stereocenters. The maximum atomic E-state index is 10.3. The van der Waals surface area contributed by atoms with Crippen molar-refractivity contribution in [2.75, 3.05) is 13.0 Å². The lowest BCUT2D eigenvalue weighted by Gasteiger charge is -2.00. The first-order valence-corrected chi connectivity index (χ1v) is 3.57. The topological polar surface area (TPSA) is 75.6 Å². The Morgan fingerprint density at radius 3 is 2.70 bits per heavy atom. The van der Waals surface area contributed by atoms with E-state index in [4.69, 9.17) is 5.11 Å². The predicted molar refractivity (Wildman–Crippen MR) is 36.0 cm³/mol. The highest BCUT2D eigenvalue weighted by Gasteiger charge is 1.98. The monoisotopic (exact) mass is 165 g/mol. The van der Waals surface area contributed by atoms with Crippen molar-refractivity contribution in [3.63, 3.8) is 0 Å². The van der Waals surface area contributed by atoms with Crippen molar-refractivity contribution in [1.29, 1.82) is 0 Å². The lowest BCUT2D eigenvalue weighted by molar-refractivity contribution is 0.151. The third-order valence-corrected chi connectivity index (χ3v) is 1.03. The summed E-state index contributed by atoms with van der Waals surface area (Å²) in [5.41, 5.74) is 0. The third kappa shape index (κ3) is 5.23. The highest BCUT2D eigenvalue weighted by molar-refractivity contribution is 8.12. The van der Waals surface area contributed by atoms with E-state index in [9.17, 15) is 9.59 Å². The molecule has 0 atom stereocenters. The summed E-state index contributed by atoms with van der Waals surface area (Å²) in [5, 5.41) is 9.36. The second-order valence-electron chi connectivity index (χ2n) is 1.22. The number of hydrogen-bond acceptors (Lipinski definition) is 4. The van der Waals surface area contributed by atoms with Gasteiger partial charge in [-0.3, -0.25) is 5.32 Å². The molecule has 0 aromatic rings. The number of nitrogens with one attached hydrogen (secondary N) is 1. The Bertz CT molecular complexity index is 137. The third-order valence-electron chi connectivity index (χ3n) is 0.580. The lowest BCUT2D eigenvalue weighted by atomic mass is 11.0. The Morgan fingerprint density at radius 2 is 2.30 bits per heavy atom. The van der Waals surface area contributed by atoms with Crippen LogP contribution >= 0.6 is 11.8 Å². The first-order chi connectivity index (χ1) is 4.66. The largest absolute Gasteiger partial charge is 0.465 e. The molecule has 0 aromatic heterocycles. The fraction of sp³-hybridized carbons (Fsp3) is 0.500. The van der Waals surface area contributed by atoms with Gasteiger partial charge in [0.15, 0.2) is 6.73 Å². The van der Waals surface area contributed by atoms with E-state index >= 15 is 0 Å². The van der Waals surface area contributed by atoms with Crippen LogP contribution in [0.15, 0.2) is 0 Å². The van der Waals surface area contributed by atoms with E-state index in [0.29, 0.717) is 0 Å². The van der Waals surface area contributed by atoms with Gasteiger partial charge in [-0.25, -0.2) is 9.59 Å². The molecule has 0 saturated carbocycles. The van der Waals surface area contributed by atoms with Crippen LogP contribution in [0.25, 0.3) is 0 Å². The van der Waals surface area contributed by atoms with Gasteiger partial charge < -0.3 is 9.84 Å². The number of carbonyl (C=O) groups is 2. The molecule has 10 heavy (non-hydrogen) atoms. The molecule has 0 radical (unpaired) electrons. The van der Waals surface area contributed by atoms with Crippen molar-refractivity contribution in [2.45, 2.75) is 0 Å². The average Bonchev–Trinajstić information content (AvgIpc) is 1.87. The van der Waals surface area contributed by atoms with E-state index in [0.717, 1.165) is 11.8 Å². The zero-order valence-electron chi connectivity index (χ0n) is 5.29. The average molecular weight is 165 g/mol. The number of carbonyl (C=O) groups excluding carboxylic acids is 1. The van der Waals surface area contributed by atoms with Gasteiger partial charge in [0.1, 0.15) is 0 Å². The van der Waals surface area contributed by atoms with Crippen LogP contribution in [0.5, 0.6) is 0 Å². The molecule has 0 aliphatic carbocycles. The molecular formula is C4H7NO4S. The standard InChI is InChI=1S/C4H7NO4S/c1-10-4(8)9-2-5-3(6)7/h5H,2H2,1H3,(H,6,7). The number of thioether (sulfide) groups is 1. The minimum Gasteiger partial charge on any atom is -0.465 e. The minimum atomic E-state index is -1.21. The van der Waals surface area contributed by atoms with Crippen LogP contribution in [0.2, 0.25) is 0 Å². The maximum Gasteiger partial charge on any atom is 0.407 e. The Kier molecular flexibility index (Phi) is 4.47. The highest BCUT2D eigenvalue weighted by Crippen LogP contribution is 1.96. The van der Waals surface area contributed by atoms with Gasteiger partial charge in [0.2, 0.25) is 0 Å². The van der Waals surface area contributed by atoms with Crippen molar-refractivity contribution >= 4 is 23.2 Å². The second-order valence-corrected chi connectivity index (χ2v) is 1.97. The molecular weight excluding hydrogens is 158 g/mol. The molecule has 0 saturated heterocycles. The van der Waals surface area contributed by atoms with E-state index in [1.165, 1.54) is 0 Å². The van der Waals surface area contributed by atoms with Gasteiger partial charge in [-0.1, -0.05) is 0 Å². The molecule has 2 N–H and O–H groups in total. The summed E-state index contributed by atoms with van der Waals surface area (Å²) in [7, 11) is 0. The smallest absolute Gasteiger partial charge is 0.407 e. The summed E-state index contributed by atoms with van der Waals surface area (Å²) in [5.74, 6) is 0. The summed E-state index contributed by atoms with van der Waals surface area (Å²) in [4.78, 5) is 20.1. The van der Waals surface area contributed by atoms with Crippen LogP contribution in [0.4, 0.5) is 9.59 Å². The van der Waals surface area contributed by atoms with E-state index in [2.05, 4.69) is 4.74 Å². The Balaban J connectivity index is 3.20. The van der Waals surface area contributed by atoms with Crippen LogP contribution in [0, 0.1) is 0 Å². The highest BCUT2D eigenvalue weighted by atomic mass is 32.2. The molecule has 0 bridgehead atoms. The van der Waals surface area contributed by atoms with E-state index in [1.807, 2.05) is 5.32 Å². The maximum absolute atomic E-state index is 10.3. The van der Waals surface area contributed by atoms with Crippen LogP contribution in [-0.2, 0) is 4.74 Å². The van der Waals surface area contributed by atoms with E-state index < -0.39 is 11.4 Å². The summed E-state index contributed by atoms with van der Waals surface area (Å²) in [6, 6.07) is 0. The molecule has 0 rings (SSSR count). The molecule has 1 amide bonds. The number of rotatable bonds is 2. The molecule has 6 heteroatoms. The van der Waals surface area contributed by atoms with Crippen molar-refractivity contribution in [3.05, 3.63) is 0 Å². The molecule has 0 spiro atoms. The molecule has 0 fully saturated rings. The molecule has 5 nitrogen and oxygen atoms in total. The SMILES string of the molecule is CSC(=O)OCNC(=O)O. The second kappa shape index (κ2) is 4.92. The summed E-state index contributed by atoms with van der Waals surface area (Å²) >= 11 is 0.882. The number of amides is 1. The number of hydrogen-bond donors (Lipinski definition) is 2. The Morgan fingerprint density at radius 1 is 1.70 bits per heavy atom.